The molecule has 2 aromatic rings. The summed E-state index contributed by atoms with van der Waals surface area (Å²) in [5, 5.41) is 0.530. The molecule has 0 unspecified atom stereocenters. The van der Waals surface area contributed by atoms with E-state index in [0.29, 0.717) is 17.5 Å². The molecule has 6 heteroatoms. The van der Waals surface area contributed by atoms with Crippen molar-refractivity contribution in [2.45, 2.75) is 24.7 Å². The molecule has 20 heavy (non-hydrogen) atoms. The van der Waals surface area contributed by atoms with Crippen LogP contribution in [0.15, 0.2) is 35.4 Å². The standard InChI is InChI=1S/C14H17NO4S/c1-3-4-9-19-14(16)15-10-13(20(2,17)18)11-7-5-6-8-12(11)15/h5-8,10H,3-4,9H2,1-2H3. The summed E-state index contributed by atoms with van der Waals surface area (Å²) in [6, 6.07) is 6.88. The topological polar surface area (TPSA) is 65.4 Å². The van der Waals surface area contributed by atoms with Gasteiger partial charge < -0.3 is 4.74 Å². The maximum absolute atomic E-state index is 12.0. The number of nitrogens with zero attached hydrogens (tertiary/aromatic N) is 1. The molecule has 0 aliphatic rings. The van der Waals surface area contributed by atoms with Crippen molar-refractivity contribution in [3.63, 3.8) is 0 Å². The molecule has 1 heterocycles. The largest absolute Gasteiger partial charge is 0.449 e. The summed E-state index contributed by atoms with van der Waals surface area (Å²) < 4.78 is 29.9. The first kappa shape index (κ1) is 14.6. The minimum absolute atomic E-state index is 0.139. The van der Waals surface area contributed by atoms with E-state index in [1.807, 2.05) is 6.92 Å². The van der Waals surface area contributed by atoms with Gasteiger partial charge in [-0.25, -0.2) is 13.2 Å². The van der Waals surface area contributed by atoms with Gasteiger partial charge in [0.2, 0.25) is 0 Å². The highest BCUT2D eigenvalue weighted by molar-refractivity contribution is 7.91. The number of fused-ring (bicyclic) bond motifs is 1. The van der Waals surface area contributed by atoms with Crippen LogP contribution in [0.4, 0.5) is 4.79 Å². The van der Waals surface area contributed by atoms with Crippen molar-refractivity contribution in [3.05, 3.63) is 30.5 Å². The van der Waals surface area contributed by atoms with E-state index in [1.54, 1.807) is 24.3 Å². The van der Waals surface area contributed by atoms with Gasteiger partial charge in [-0.1, -0.05) is 31.5 Å². The molecule has 108 valence electrons. The number of unbranched alkanes of at least 4 members (excludes halogenated alkanes) is 1. The minimum atomic E-state index is -3.40. The van der Waals surface area contributed by atoms with Gasteiger partial charge in [0.05, 0.1) is 17.0 Å². The van der Waals surface area contributed by atoms with Crippen molar-refractivity contribution in [1.82, 2.24) is 4.57 Å². The molecule has 1 aromatic carbocycles. The zero-order valence-electron chi connectivity index (χ0n) is 11.5. The molecule has 0 amide bonds. The number of para-hydroxylation sites is 1. The Morgan fingerprint density at radius 1 is 1.30 bits per heavy atom. The Morgan fingerprint density at radius 3 is 2.65 bits per heavy atom. The van der Waals surface area contributed by atoms with Crippen LogP contribution in [0.25, 0.3) is 10.9 Å². The number of ether oxygens (including phenoxy) is 1. The first-order valence-corrected chi connectivity index (χ1v) is 8.31. The average Bonchev–Trinajstić information content (AvgIpc) is 2.78. The predicted octanol–water partition coefficient (Wildman–Crippen LogP) is 2.83. The van der Waals surface area contributed by atoms with Crippen LogP contribution in [0.5, 0.6) is 0 Å². The van der Waals surface area contributed by atoms with Crippen molar-refractivity contribution < 1.29 is 17.9 Å². The Balaban J connectivity index is 2.47. The first-order chi connectivity index (χ1) is 9.45. The zero-order valence-corrected chi connectivity index (χ0v) is 12.3. The Bertz CT molecular complexity index is 731. The first-order valence-electron chi connectivity index (χ1n) is 6.42. The molecule has 0 saturated heterocycles. The molecule has 5 nitrogen and oxygen atoms in total. The van der Waals surface area contributed by atoms with E-state index >= 15 is 0 Å². The summed E-state index contributed by atoms with van der Waals surface area (Å²) in [4.78, 5) is 12.2. The molecule has 0 saturated carbocycles. The van der Waals surface area contributed by atoms with E-state index in [1.165, 1.54) is 10.8 Å². The van der Waals surface area contributed by atoms with E-state index in [0.717, 1.165) is 19.1 Å². The summed E-state index contributed by atoms with van der Waals surface area (Å²) in [7, 11) is -3.40. The monoisotopic (exact) mass is 295 g/mol. The third-order valence-electron chi connectivity index (χ3n) is 2.99. The number of rotatable bonds is 4. The van der Waals surface area contributed by atoms with Gasteiger partial charge in [-0.15, -0.1) is 0 Å². The lowest BCUT2D eigenvalue weighted by molar-refractivity contribution is 0.147. The maximum atomic E-state index is 12.0. The Morgan fingerprint density at radius 2 is 2.00 bits per heavy atom. The van der Waals surface area contributed by atoms with E-state index in [2.05, 4.69) is 0 Å². The highest BCUT2D eigenvalue weighted by atomic mass is 32.2. The summed E-state index contributed by atoms with van der Waals surface area (Å²) in [6.07, 6.45) is 3.61. The summed E-state index contributed by atoms with van der Waals surface area (Å²) >= 11 is 0. The van der Waals surface area contributed by atoms with Crippen LogP contribution in [-0.4, -0.2) is 31.9 Å². The predicted molar refractivity (Wildman–Crippen MR) is 76.7 cm³/mol. The molecule has 0 atom stereocenters. The minimum Gasteiger partial charge on any atom is -0.449 e. The molecular weight excluding hydrogens is 278 g/mol. The van der Waals surface area contributed by atoms with Crippen LogP contribution < -0.4 is 0 Å². The quantitative estimate of drug-likeness (QED) is 0.814. The second-order valence-electron chi connectivity index (χ2n) is 4.62. The van der Waals surface area contributed by atoms with Crippen LogP contribution in [0.3, 0.4) is 0 Å². The van der Waals surface area contributed by atoms with Crippen LogP contribution in [-0.2, 0) is 14.6 Å². The Hall–Kier alpha value is -1.82. The summed E-state index contributed by atoms with van der Waals surface area (Å²) in [5.41, 5.74) is 0.537. The average molecular weight is 295 g/mol. The molecular formula is C14H17NO4S. The lowest BCUT2D eigenvalue weighted by Crippen LogP contribution is -2.13. The molecule has 0 N–H and O–H groups in total. The third kappa shape index (κ3) is 2.85. The fourth-order valence-electron chi connectivity index (χ4n) is 1.97. The summed E-state index contributed by atoms with van der Waals surface area (Å²) in [5.74, 6) is 0. The fourth-order valence-corrected chi connectivity index (χ4v) is 2.84. The van der Waals surface area contributed by atoms with Crippen LogP contribution >= 0.6 is 0 Å². The Kier molecular flexibility index (Phi) is 4.13. The number of carbonyl (C=O) groups is 1. The van der Waals surface area contributed by atoms with Crippen molar-refractivity contribution in [2.24, 2.45) is 0 Å². The normalized spacial score (nSPS) is 11.7. The molecule has 0 aliphatic heterocycles. The van der Waals surface area contributed by atoms with Gasteiger partial charge in [-0.2, -0.15) is 0 Å². The van der Waals surface area contributed by atoms with Gasteiger partial charge >= 0.3 is 6.09 Å². The highest BCUT2D eigenvalue weighted by Crippen LogP contribution is 2.25. The van der Waals surface area contributed by atoms with Crippen molar-refractivity contribution >= 4 is 26.8 Å². The number of aromatic nitrogens is 1. The SMILES string of the molecule is CCCCOC(=O)n1cc(S(C)(=O)=O)c2ccccc21. The van der Waals surface area contributed by atoms with Crippen molar-refractivity contribution in [1.29, 1.82) is 0 Å². The van der Waals surface area contributed by atoms with Crippen LogP contribution in [0.1, 0.15) is 19.8 Å². The van der Waals surface area contributed by atoms with Gasteiger partial charge in [-0.3, -0.25) is 4.57 Å². The number of hydrogen-bond donors (Lipinski definition) is 0. The van der Waals surface area contributed by atoms with Gasteiger partial charge in [0.15, 0.2) is 9.84 Å². The molecule has 2 rings (SSSR count). The Labute approximate surface area is 118 Å². The molecule has 0 radical (unpaired) electrons. The van der Waals surface area contributed by atoms with Gasteiger partial charge in [0, 0.05) is 17.8 Å². The van der Waals surface area contributed by atoms with Gasteiger partial charge in [-0.05, 0) is 12.5 Å². The maximum Gasteiger partial charge on any atom is 0.418 e. The van der Waals surface area contributed by atoms with E-state index < -0.39 is 15.9 Å². The van der Waals surface area contributed by atoms with E-state index in [4.69, 9.17) is 4.74 Å². The smallest absolute Gasteiger partial charge is 0.418 e. The molecule has 0 spiro atoms. The lowest BCUT2D eigenvalue weighted by Gasteiger charge is -2.05. The lowest BCUT2D eigenvalue weighted by atomic mass is 10.2. The second kappa shape index (κ2) is 5.66. The van der Waals surface area contributed by atoms with Crippen molar-refractivity contribution in [2.75, 3.05) is 12.9 Å². The van der Waals surface area contributed by atoms with Crippen LogP contribution in [0, 0.1) is 0 Å². The fraction of sp³-hybridized carbons (Fsp3) is 0.357. The van der Waals surface area contributed by atoms with E-state index in [-0.39, 0.29) is 4.90 Å². The molecule has 0 aliphatic carbocycles. The molecule has 0 fully saturated rings. The van der Waals surface area contributed by atoms with Gasteiger partial charge in [0.25, 0.3) is 0 Å². The highest BCUT2D eigenvalue weighted by Gasteiger charge is 2.19. The zero-order chi connectivity index (χ0) is 14.8. The van der Waals surface area contributed by atoms with Crippen molar-refractivity contribution in [3.8, 4) is 0 Å². The molecule has 1 aromatic heterocycles. The summed E-state index contributed by atoms with van der Waals surface area (Å²) in [6.45, 7) is 2.33. The number of hydrogen-bond acceptors (Lipinski definition) is 4. The molecule has 0 bridgehead atoms. The van der Waals surface area contributed by atoms with Crippen LogP contribution in [0.2, 0.25) is 0 Å². The van der Waals surface area contributed by atoms with E-state index in [9.17, 15) is 13.2 Å². The third-order valence-corrected chi connectivity index (χ3v) is 4.12. The second-order valence-corrected chi connectivity index (χ2v) is 6.60. The number of benzene rings is 1. The number of carbonyl (C=O) groups excluding carboxylic acids is 1. The van der Waals surface area contributed by atoms with Gasteiger partial charge in [0.1, 0.15) is 0 Å². The number of sulfone groups is 1.